The Balaban J connectivity index is 2.19. The second-order valence-corrected chi connectivity index (χ2v) is 2.45. The van der Waals surface area contributed by atoms with Gasteiger partial charge >= 0.3 is 0 Å². The van der Waals surface area contributed by atoms with Crippen molar-refractivity contribution in [2.75, 3.05) is 19.6 Å². The number of rotatable bonds is 2. The van der Waals surface area contributed by atoms with Gasteiger partial charge in [0.15, 0.2) is 0 Å². The molecule has 1 saturated heterocycles. The molecule has 1 aliphatic heterocycles. The smallest absolute Gasteiger partial charge is 0.231 e. The maximum atomic E-state index is 10.3. The first-order chi connectivity index (χ1) is 4.29. The Kier molecular flexibility index (Phi) is 2.05. The Labute approximate surface area is 54.8 Å². The molecule has 0 aromatic carbocycles. The van der Waals surface area contributed by atoms with Crippen LogP contribution in [0.15, 0.2) is 0 Å². The van der Waals surface area contributed by atoms with Crippen LogP contribution in [0.2, 0.25) is 0 Å². The summed E-state index contributed by atoms with van der Waals surface area (Å²) in [5.74, 6) is -0.211. The van der Waals surface area contributed by atoms with Gasteiger partial charge < -0.3 is 5.73 Å². The van der Waals surface area contributed by atoms with Crippen molar-refractivity contribution in [3.8, 4) is 0 Å². The van der Waals surface area contributed by atoms with Crippen molar-refractivity contribution in [3.05, 3.63) is 0 Å². The zero-order valence-corrected chi connectivity index (χ0v) is 5.47. The summed E-state index contributed by atoms with van der Waals surface area (Å²) in [5, 5.41) is 0. The maximum Gasteiger partial charge on any atom is 0.231 e. The molecule has 1 fully saturated rings. The summed E-state index contributed by atoms with van der Waals surface area (Å²) in [4.78, 5) is 12.4. The number of likely N-dealkylation sites (tertiary alicyclic amines) is 1. The SMILES string of the molecule is NC(=O)CN1CCCC1. The molecule has 0 atom stereocenters. The molecule has 3 nitrogen and oxygen atoms in total. The van der Waals surface area contributed by atoms with Gasteiger partial charge in [-0.2, -0.15) is 0 Å². The monoisotopic (exact) mass is 128 g/mol. The molecule has 0 unspecified atom stereocenters. The van der Waals surface area contributed by atoms with Gasteiger partial charge in [0.05, 0.1) is 6.54 Å². The van der Waals surface area contributed by atoms with Crippen molar-refractivity contribution in [1.29, 1.82) is 0 Å². The first kappa shape index (κ1) is 6.55. The molecule has 0 aromatic rings. The minimum absolute atomic E-state index is 0.211. The van der Waals surface area contributed by atoms with Gasteiger partial charge in [0.2, 0.25) is 5.91 Å². The fourth-order valence-corrected chi connectivity index (χ4v) is 1.16. The molecule has 0 spiro atoms. The largest absolute Gasteiger partial charge is 0.369 e. The molecule has 0 radical (unpaired) electrons. The Morgan fingerprint density at radius 1 is 1.44 bits per heavy atom. The topological polar surface area (TPSA) is 46.3 Å². The van der Waals surface area contributed by atoms with Crippen LogP contribution in [0.1, 0.15) is 12.8 Å². The molecule has 0 saturated carbocycles. The van der Waals surface area contributed by atoms with Gasteiger partial charge in [-0.15, -0.1) is 0 Å². The van der Waals surface area contributed by atoms with Gasteiger partial charge in [0.1, 0.15) is 0 Å². The van der Waals surface area contributed by atoms with Gasteiger partial charge in [0, 0.05) is 0 Å². The van der Waals surface area contributed by atoms with E-state index in [0.29, 0.717) is 6.54 Å². The van der Waals surface area contributed by atoms with Crippen molar-refractivity contribution in [3.63, 3.8) is 0 Å². The van der Waals surface area contributed by atoms with Crippen LogP contribution >= 0.6 is 0 Å². The highest BCUT2D eigenvalue weighted by Gasteiger charge is 2.12. The Morgan fingerprint density at radius 3 is 2.44 bits per heavy atom. The lowest BCUT2D eigenvalue weighted by atomic mass is 10.4. The van der Waals surface area contributed by atoms with E-state index in [1.54, 1.807) is 0 Å². The van der Waals surface area contributed by atoms with E-state index in [2.05, 4.69) is 4.90 Å². The maximum absolute atomic E-state index is 10.3. The number of nitrogens with two attached hydrogens (primary N) is 1. The van der Waals surface area contributed by atoms with E-state index in [1.165, 1.54) is 12.8 Å². The van der Waals surface area contributed by atoms with E-state index < -0.39 is 0 Å². The second kappa shape index (κ2) is 2.82. The average Bonchev–Trinajstić information content (AvgIpc) is 2.15. The lowest BCUT2D eigenvalue weighted by Crippen LogP contribution is -2.31. The zero-order valence-electron chi connectivity index (χ0n) is 5.47. The lowest BCUT2D eigenvalue weighted by Gasteiger charge is -2.09. The molecule has 3 heteroatoms. The summed E-state index contributed by atoms with van der Waals surface area (Å²) in [6, 6.07) is 0. The van der Waals surface area contributed by atoms with E-state index in [1.807, 2.05) is 0 Å². The third kappa shape index (κ3) is 2.01. The molecule has 0 aliphatic carbocycles. The van der Waals surface area contributed by atoms with Gasteiger partial charge in [0.25, 0.3) is 0 Å². The Hall–Kier alpha value is -0.570. The van der Waals surface area contributed by atoms with E-state index in [0.717, 1.165) is 13.1 Å². The molecule has 0 aromatic heterocycles. The highest BCUT2D eigenvalue weighted by Crippen LogP contribution is 2.05. The molecule has 1 amide bonds. The van der Waals surface area contributed by atoms with Gasteiger partial charge in [-0.1, -0.05) is 0 Å². The van der Waals surface area contributed by atoms with E-state index in [9.17, 15) is 4.79 Å². The van der Waals surface area contributed by atoms with Crippen LogP contribution in [0.25, 0.3) is 0 Å². The van der Waals surface area contributed by atoms with E-state index >= 15 is 0 Å². The zero-order chi connectivity index (χ0) is 6.69. The molecule has 1 heterocycles. The van der Waals surface area contributed by atoms with Crippen molar-refractivity contribution >= 4 is 5.91 Å². The molecule has 1 rings (SSSR count). The summed E-state index contributed by atoms with van der Waals surface area (Å²) in [6.45, 7) is 2.53. The minimum Gasteiger partial charge on any atom is -0.369 e. The molecule has 2 N–H and O–H groups in total. The highest BCUT2D eigenvalue weighted by molar-refractivity contribution is 5.75. The number of nitrogens with zero attached hydrogens (tertiary/aromatic N) is 1. The Morgan fingerprint density at radius 2 is 2.00 bits per heavy atom. The summed E-state index contributed by atoms with van der Waals surface area (Å²) >= 11 is 0. The quantitative estimate of drug-likeness (QED) is 0.548. The van der Waals surface area contributed by atoms with Crippen molar-refractivity contribution in [2.45, 2.75) is 12.8 Å². The first-order valence-corrected chi connectivity index (χ1v) is 3.30. The summed E-state index contributed by atoms with van der Waals surface area (Å²) in [5.41, 5.74) is 4.99. The standard InChI is InChI=1S/C6H12N2O/c7-6(9)5-8-3-1-2-4-8/h1-5H2,(H2,7,9). The van der Waals surface area contributed by atoms with Crippen molar-refractivity contribution in [1.82, 2.24) is 4.90 Å². The fraction of sp³-hybridized carbons (Fsp3) is 0.833. The van der Waals surface area contributed by atoms with Gasteiger partial charge in [-0.3, -0.25) is 9.69 Å². The molecule has 52 valence electrons. The summed E-state index contributed by atoms with van der Waals surface area (Å²) in [6.07, 6.45) is 2.43. The number of carbonyl (C=O) groups excluding carboxylic acids is 1. The van der Waals surface area contributed by atoms with Crippen LogP contribution in [-0.4, -0.2) is 30.4 Å². The molecule has 1 aliphatic rings. The van der Waals surface area contributed by atoms with Crippen LogP contribution in [0.4, 0.5) is 0 Å². The molecular formula is C6H12N2O. The normalized spacial score (nSPS) is 20.4. The summed E-state index contributed by atoms with van der Waals surface area (Å²) < 4.78 is 0. The predicted octanol–water partition coefficient (Wildman–Crippen LogP) is -0.433. The van der Waals surface area contributed by atoms with Crippen LogP contribution < -0.4 is 5.73 Å². The van der Waals surface area contributed by atoms with Crippen LogP contribution in [-0.2, 0) is 4.79 Å². The predicted molar refractivity (Wildman–Crippen MR) is 34.9 cm³/mol. The number of hydrogen-bond donors (Lipinski definition) is 1. The number of amides is 1. The third-order valence-electron chi connectivity index (χ3n) is 1.58. The number of carbonyl (C=O) groups is 1. The van der Waals surface area contributed by atoms with Gasteiger partial charge in [-0.05, 0) is 25.9 Å². The molecule has 0 bridgehead atoms. The van der Waals surface area contributed by atoms with Crippen molar-refractivity contribution < 1.29 is 4.79 Å². The third-order valence-corrected chi connectivity index (χ3v) is 1.58. The fourth-order valence-electron chi connectivity index (χ4n) is 1.16. The number of primary amides is 1. The highest BCUT2D eigenvalue weighted by atomic mass is 16.1. The van der Waals surface area contributed by atoms with Crippen LogP contribution in [0.3, 0.4) is 0 Å². The van der Waals surface area contributed by atoms with Gasteiger partial charge in [-0.25, -0.2) is 0 Å². The number of hydrogen-bond acceptors (Lipinski definition) is 2. The lowest BCUT2D eigenvalue weighted by molar-refractivity contribution is -0.118. The van der Waals surface area contributed by atoms with Crippen LogP contribution in [0.5, 0.6) is 0 Å². The molecule has 9 heavy (non-hydrogen) atoms. The second-order valence-electron chi connectivity index (χ2n) is 2.45. The van der Waals surface area contributed by atoms with E-state index in [-0.39, 0.29) is 5.91 Å². The minimum atomic E-state index is -0.211. The van der Waals surface area contributed by atoms with Crippen LogP contribution in [0, 0.1) is 0 Å². The summed E-state index contributed by atoms with van der Waals surface area (Å²) in [7, 11) is 0. The average molecular weight is 128 g/mol. The molecular weight excluding hydrogens is 116 g/mol. The Bertz CT molecular complexity index is 108. The first-order valence-electron chi connectivity index (χ1n) is 3.30. The van der Waals surface area contributed by atoms with E-state index in [4.69, 9.17) is 5.73 Å². The van der Waals surface area contributed by atoms with Crippen molar-refractivity contribution in [2.24, 2.45) is 5.73 Å².